The predicted octanol–water partition coefficient (Wildman–Crippen LogP) is 4.04. The molecule has 0 aliphatic rings. The Morgan fingerprint density at radius 2 is 2.05 bits per heavy atom. The molecule has 114 valence electrons. The van der Waals surface area contributed by atoms with Crippen molar-refractivity contribution in [1.29, 1.82) is 0 Å². The molecule has 0 saturated heterocycles. The number of benzene rings is 1. The van der Waals surface area contributed by atoms with Crippen LogP contribution in [0.4, 0.5) is 0 Å². The summed E-state index contributed by atoms with van der Waals surface area (Å²) in [6.45, 7) is 4.87. The first-order chi connectivity index (χ1) is 10.4. The van der Waals surface area contributed by atoms with Gasteiger partial charge in [0.25, 0.3) is 0 Å². The SMILES string of the molecule is CCCCCOc1ccc(CNCCc2cscn2)cc1. The normalized spacial score (nSPS) is 10.7. The third kappa shape index (κ3) is 6.27. The Balaban J connectivity index is 1.62. The Kier molecular flexibility index (Phi) is 7.25. The topological polar surface area (TPSA) is 34.1 Å². The minimum atomic E-state index is 0.819. The largest absolute Gasteiger partial charge is 0.494 e. The summed E-state index contributed by atoms with van der Waals surface area (Å²) >= 11 is 1.65. The van der Waals surface area contributed by atoms with Gasteiger partial charge in [0, 0.05) is 24.9 Å². The molecule has 1 N–H and O–H groups in total. The monoisotopic (exact) mass is 304 g/mol. The molecule has 0 aliphatic heterocycles. The lowest BCUT2D eigenvalue weighted by atomic mass is 10.2. The van der Waals surface area contributed by atoms with E-state index >= 15 is 0 Å². The third-order valence-corrected chi connectivity index (χ3v) is 3.95. The smallest absolute Gasteiger partial charge is 0.119 e. The first-order valence-electron chi connectivity index (χ1n) is 7.68. The number of hydrogen-bond acceptors (Lipinski definition) is 4. The van der Waals surface area contributed by atoms with Gasteiger partial charge in [0.05, 0.1) is 17.8 Å². The molecule has 0 spiro atoms. The van der Waals surface area contributed by atoms with Crippen molar-refractivity contribution in [1.82, 2.24) is 10.3 Å². The molecule has 3 nitrogen and oxygen atoms in total. The zero-order valence-electron chi connectivity index (χ0n) is 12.7. The lowest BCUT2D eigenvalue weighted by molar-refractivity contribution is 0.306. The fourth-order valence-corrected chi connectivity index (χ4v) is 2.65. The van der Waals surface area contributed by atoms with E-state index in [1.165, 1.54) is 24.1 Å². The van der Waals surface area contributed by atoms with E-state index in [0.29, 0.717) is 0 Å². The van der Waals surface area contributed by atoms with Crippen LogP contribution in [0.5, 0.6) is 5.75 Å². The number of nitrogens with one attached hydrogen (secondary N) is 1. The van der Waals surface area contributed by atoms with Crippen LogP contribution >= 0.6 is 11.3 Å². The molecule has 2 aromatic rings. The molecule has 0 atom stereocenters. The Bertz CT molecular complexity index is 482. The summed E-state index contributed by atoms with van der Waals surface area (Å²) in [4.78, 5) is 4.28. The second-order valence-corrected chi connectivity index (χ2v) is 5.82. The van der Waals surface area contributed by atoms with E-state index < -0.39 is 0 Å². The molecular weight excluding hydrogens is 280 g/mol. The van der Waals surface area contributed by atoms with Crippen molar-refractivity contribution >= 4 is 11.3 Å². The molecule has 2 rings (SSSR count). The van der Waals surface area contributed by atoms with Crippen molar-refractivity contribution < 1.29 is 4.74 Å². The van der Waals surface area contributed by atoms with Crippen molar-refractivity contribution in [3.8, 4) is 5.75 Å². The predicted molar refractivity (Wildman–Crippen MR) is 89.0 cm³/mol. The van der Waals surface area contributed by atoms with Crippen LogP contribution in [0.15, 0.2) is 35.2 Å². The van der Waals surface area contributed by atoms with E-state index in [-0.39, 0.29) is 0 Å². The Labute approximate surface area is 131 Å². The van der Waals surface area contributed by atoms with Crippen molar-refractivity contribution in [2.75, 3.05) is 13.2 Å². The van der Waals surface area contributed by atoms with Crippen LogP contribution in [0.25, 0.3) is 0 Å². The molecule has 1 heterocycles. The van der Waals surface area contributed by atoms with Gasteiger partial charge in [-0.05, 0) is 24.1 Å². The summed E-state index contributed by atoms with van der Waals surface area (Å²) in [7, 11) is 0. The van der Waals surface area contributed by atoms with Gasteiger partial charge in [-0.1, -0.05) is 31.9 Å². The lowest BCUT2D eigenvalue weighted by Crippen LogP contribution is -2.16. The van der Waals surface area contributed by atoms with Gasteiger partial charge >= 0.3 is 0 Å². The van der Waals surface area contributed by atoms with E-state index in [1.54, 1.807) is 11.3 Å². The Morgan fingerprint density at radius 1 is 1.19 bits per heavy atom. The number of rotatable bonds is 10. The molecule has 1 aromatic heterocycles. The molecule has 21 heavy (non-hydrogen) atoms. The third-order valence-electron chi connectivity index (χ3n) is 3.31. The minimum Gasteiger partial charge on any atom is -0.494 e. The first-order valence-corrected chi connectivity index (χ1v) is 8.62. The number of aromatic nitrogens is 1. The van der Waals surface area contributed by atoms with Gasteiger partial charge in [0.15, 0.2) is 0 Å². The van der Waals surface area contributed by atoms with Crippen LogP contribution in [0.1, 0.15) is 37.4 Å². The van der Waals surface area contributed by atoms with E-state index in [9.17, 15) is 0 Å². The summed E-state index contributed by atoms with van der Waals surface area (Å²) in [5.74, 6) is 0.970. The molecule has 0 bridgehead atoms. The van der Waals surface area contributed by atoms with Crippen LogP contribution < -0.4 is 10.1 Å². The number of nitrogens with zero attached hydrogens (tertiary/aromatic N) is 1. The average molecular weight is 304 g/mol. The van der Waals surface area contributed by atoms with Crippen LogP contribution in [0.2, 0.25) is 0 Å². The summed E-state index contributed by atoms with van der Waals surface area (Å²) in [5, 5.41) is 5.55. The van der Waals surface area contributed by atoms with Crippen LogP contribution in [0, 0.1) is 0 Å². The highest BCUT2D eigenvalue weighted by Crippen LogP contribution is 2.13. The Morgan fingerprint density at radius 3 is 2.76 bits per heavy atom. The van der Waals surface area contributed by atoms with E-state index in [2.05, 4.69) is 46.9 Å². The van der Waals surface area contributed by atoms with Gasteiger partial charge in [0.1, 0.15) is 5.75 Å². The molecule has 0 saturated carbocycles. The highest BCUT2D eigenvalue weighted by Gasteiger charge is 1.97. The number of unbranched alkanes of at least 4 members (excludes halogenated alkanes) is 2. The highest BCUT2D eigenvalue weighted by atomic mass is 32.1. The number of ether oxygens (including phenoxy) is 1. The summed E-state index contributed by atoms with van der Waals surface area (Å²) in [6, 6.07) is 8.38. The number of hydrogen-bond donors (Lipinski definition) is 1. The standard InChI is InChI=1S/C17H24N2OS/c1-2-3-4-11-20-17-7-5-15(6-8-17)12-18-10-9-16-13-21-14-19-16/h5-8,13-14,18H,2-4,9-12H2,1H3. The summed E-state index contributed by atoms with van der Waals surface area (Å²) in [6.07, 6.45) is 4.59. The van der Waals surface area contributed by atoms with E-state index in [4.69, 9.17) is 4.74 Å². The van der Waals surface area contributed by atoms with Gasteiger partial charge < -0.3 is 10.1 Å². The molecule has 0 unspecified atom stereocenters. The zero-order valence-corrected chi connectivity index (χ0v) is 13.5. The molecule has 0 amide bonds. The van der Waals surface area contributed by atoms with Crippen LogP contribution in [-0.2, 0) is 13.0 Å². The maximum absolute atomic E-state index is 5.71. The molecule has 0 fully saturated rings. The molecule has 1 aromatic carbocycles. The Hall–Kier alpha value is -1.39. The molecule has 0 aliphatic carbocycles. The first kappa shape index (κ1) is 16.0. The molecule has 4 heteroatoms. The fourth-order valence-electron chi connectivity index (χ4n) is 2.06. The molecule has 0 radical (unpaired) electrons. The second kappa shape index (κ2) is 9.53. The van der Waals surface area contributed by atoms with Gasteiger partial charge in [-0.25, -0.2) is 4.98 Å². The maximum Gasteiger partial charge on any atom is 0.119 e. The number of thiazole rings is 1. The van der Waals surface area contributed by atoms with Crippen molar-refractivity contribution in [3.63, 3.8) is 0 Å². The average Bonchev–Trinajstić information content (AvgIpc) is 3.03. The fraction of sp³-hybridized carbons (Fsp3) is 0.471. The van der Waals surface area contributed by atoms with Gasteiger partial charge in [-0.3, -0.25) is 0 Å². The lowest BCUT2D eigenvalue weighted by Gasteiger charge is -2.07. The van der Waals surface area contributed by atoms with Crippen molar-refractivity contribution in [3.05, 3.63) is 46.4 Å². The maximum atomic E-state index is 5.71. The van der Waals surface area contributed by atoms with Gasteiger partial charge in [0.2, 0.25) is 0 Å². The highest BCUT2D eigenvalue weighted by molar-refractivity contribution is 7.07. The van der Waals surface area contributed by atoms with E-state index in [1.807, 2.05) is 5.51 Å². The minimum absolute atomic E-state index is 0.819. The zero-order chi connectivity index (χ0) is 14.8. The van der Waals surface area contributed by atoms with Crippen molar-refractivity contribution in [2.45, 2.75) is 39.2 Å². The van der Waals surface area contributed by atoms with Gasteiger partial charge in [-0.2, -0.15) is 0 Å². The van der Waals surface area contributed by atoms with Gasteiger partial charge in [-0.15, -0.1) is 11.3 Å². The quantitative estimate of drug-likeness (QED) is 0.673. The van der Waals surface area contributed by atoms with Crippen LogP contribution in [-0.4, -0.2) is 18.1 Å². The second-order valence-electron chi connectivity index (χ2n) is 5.11. The summed E-state index contributed by atoms with van der Waals surface area (Å²) < 4.78 is 5.71. The van der Waals surface area contributed by atoms with Crippen LogP contribution in [0.3, 0.4) is 0 Å². The molecular formula is C17H24N2OS. The van der Waals surface area contributed by atoms with Crippen molar-refractivity contribution in [2.24, 2.45) is 0 Å². The van der Waals surface area contributed by atoms with E-state index in [0.717, 1.165) is 38.3 Å². The summed E-state index contributed by atoms with van der Waals surface area (Å²) in [5.41, 5.74) is 4.34.